The quantitative estimate of drug-likeness (QED) is 0.606. The van der Waals surface area contributed by atoms with E-state index in [-0.39, 0.29) is 36.6 Å². The largest absolute Gasteiger partial charge is 0.377 e. The first kappa shape index (κ1) is 25.5. The van der Waals surface area contributed by atoms with Crippen LogP contribution in [0.2, 0.25) is 0 Å². The molecule has 0 amide bonds. The molecular weight excluding hydrogens is 371 g/mol. The van der Waals surface area contributed by atoms with Crippen LogP contribution in [-0.4, -0.2) is 70.5 Å². The Hall–Kier alpha value is -0.460. The van der Waals surface area contributed by atoms with Crippen molar-refractivity contribution in [1.29, 1.82) is 0 Å². The molecule has 26 heavy (non-hydrogen) atoms. The van der Waals surface area contributed by atoms with Crippen LogP contribution in [0.25, 0.3) is 0 Å². The number of likely N-dealkylation sites (tertiary alicyclic amines) is 2. The van der Waals surface area contributed by atoms with Gasteiger partial charge in [0.15, 0.2) is 0 Å². The fourth-order valence-electron chi connectivity index (χ4n) is 3.77. The molecule has 0 bridgehead atoms. The van der Waals surface area contributed by atoms with Gasteiger partial charge in [0.1, 0.15) is 11.2 Å². The van der Waals surface area contributed by atoms with E-state index in [2.05, 4.69) is 61.4 Å². The van der Waals surface area contributed by atoms with E-state index in [1.54, 1.807) is 0 Å². The molecule has 2 heterocycles. The van der Waals surface area contributed by atoms with Crippen molar-refractivity contribution in [2.45, 2.75) is 63.8 Å². The van der Waals surface area contributed by atoms with Crippen molar-refractivity contribution in [1.82, 2.24) is 9.80 Å². The Labute approximate surface area is 171 Å². The molecule has 2 aliphatic heterocycles. The van der Waals surface area contributed by atoms with Gasteiger partial charge in [0.25, 0.3) is 0 Å². The minimum absolute atomic E-state index is 0. The van der Waals surface area contributed by atoms with Crippen LogP contribution < -0.4 is 0 Å². The lowest BCUT2D eigenvalue weighted by Gasteiger charge is -2.43. The molecule has 0 aromatic heterocycles. The van der Waals surface area contributed by atoms with Crippen LogP contribution in [-0.2, 0) is 0 Å². The first-order chi connectivity index (χ1) is 11.1. The average molecular weight is 405 g/mol. The van der Waals surface area contributed by atoms with Gasteiger partial charge in [-0.15, -0.1) is 24.8 Å². The van der Waals surface area contributed by atoms with E-state index in [0.717, 1.165) is 13.1 Å². The first-order valence-corrected chi connectivity index (χ1v) is 8.97. The van der Waals surface area contributed by atoms with E-state index in [4.69, 9.17) is 0 Å². The molecule has 6 unspecified atom stereocenters. The smallest absolute Gasteiger partial charge is 0.131 e. The Morgan fingerprint density at radius 3 is 1.35 bits per heavy atom. The fraction of sp³-hybridized carbons (Fsp3) is 0.800. The molecule has 4 nitrogen and oxygen atoms in total. The Kier molecular flexibility index (Phi) is 9.48. The lowest BCUT2D eigenvalue weighted by molar-refractivity contribution is -0.0352. The maximum absolute atomic E-state index is 10.8. The third kappa shape index (κ3) is 5.52. The predicted molar refractivity (Wildman–Crippen MR) is 112 cm³/mol. The molecule has 6 heteroatoms. The molecule has 2 N–H and O–H groups in total. The summed E-state index contributed by atoms with van der Waals surface area (Å²) in [5.41, 5.74) is -1.98. The number of rotatable bonds is 0. The van der Waals surface area contributed by atoms with Crippen molar-refractivity contribution in [3.05, 3.63) is 0 Å². The lowest BCUT2D eigenvalue weighted by Crippen LogP contribution is -2.52. The number of halogens is 2. The molecule has 6 atom stereocenters. The summed E-state index contributed by atoms with van der Waals surface area (Å²) in [4.78, 5) is 4.49. The summed E-state index contributed by atoms with van der Waals surface area (Å²) in [6.07, 6.45) is 1.25. The van der Waals surface area contributed by atoms with Crippen LogP contribution in [0.5, 0.6) is 0 Å². The normalized spacial score (nSPS) is 40.8. The van der Waals surface area contributed by atoms with Gasteiger partial charge in [-0.1, -0.05) is 25.7 Å². The third-order valence-electron chi connectivity index (χ3n) is 6.09. The number of hydrogen-bond donors (Lipinski definition) is 2. The van der Waals surface area contributed by atoms with Crippen molar-refractivity contribution < 1.29 is 10.2 Å². The monoisotopic (exact) mass is 404 g/mol. The van der Waals surface area contributed by atoms with E-state index in [9.17, 15) is 10.2 Å². The van der Waals surface area contributed by atoms with Gasteiger partial charge in [0.2, 0.25) is 0 Å². The SMILES string of the molecule is CC1CC(O)(C#CC#CC2(O)CC(C)N(C)CC2C)C(C)CN1C.Cl.Cl. The van der Waals surface area contributed by atoms with E-state index >= 15 is 0 Å². The van der Waals surface area contributed by atoms with E-state index in [1.807, 2.05) is 13.8 Å². The maximum Gasteiger partial charge on any atom is 0.131 e. The van der Waals surface area contributed by atoms with Crippen LogP contribution in [0.3, 0.4) is 0 Å². The number of piperidine rings is 2. The second-order valence-electron chi connectivity index (χ2n) is 8.14. The van der Waals surface area contributed by atoms with Crippen molar-refractivity contribution in [2.24, 2.45) is 11.8 Å². The molecule has 0 aromatic carbocycles. The lowest BCUT2D eigenvalue weighted by atomic mass is 9.79. The van der Waals surface area contributed by atoms with E-state index < -0.39 is 11.2 Å². The summed E-state index contributed by atoms with van der Waals surface area (Å²) in [6, 6.07) is 0.597. The fourth-order valence-corrected chi connectivity index (χ4v) is 3.77. The zero-order valence-electron chi connectivity index (χ0n) is 16.7. The topological polar surface area (TPSA) is 46.9 Å². The van der Waals surface area contributed by atoms with Gasteiger partial charge in [-0.05, 0) is 39.8 Å². The van der Waals surface area contributed by atoms with Gasteiger partial charge in [0.05, 0.1) is 0 Å². The highest BCUT2D eigenvalue weighted by Crippen LogP contribution is 2.31. The Morgan fingerprint density at radius 2 is 1.04 bits per heavy atom. The predicted octanol–water partition coefficient (Wildman–Crippen LogP) is 2.02. The van der Waals surface area contributed by atoms with Crippen LogP contribution in [0.1, 0.15) is 40.5 Å². The molecule has 150 valence electrons. The molecule has 0 aromatic rings. The second-order valence-corrected chi connectivity index (χ2v) is 8.14. The first-order valence-electron chi connectivity index (χ1n) is 8.97. The highest BCUT2D eigenvalue weighted by atomic mass is 35.5. The Morgan fingerprint density at radius 1 is 0.731 bits per heavy atom. The van der Waals surface area contributed by atoms with Gasteiger partial charge in [-0.3, -0.25) is 0 Å². The zero-order valence-corrected chi connectivity index (χ0v) is 18.4. The Balaban J connectivity index is 0.00000312. The molecule has 0 spiro atoms. The summed E-state index contributed by atoms with van der Waals surface area (Å²) in [7, 11) is 4.15. The van der Waals surface area contributed by atoms with Gasteiger partial charge in [0, 0.05) is 49.9 Å². The van der Waals surface area contributed by atoms with E-state index in [0.29, 0.717) is 24.9 Å². The van der Waals surface area contributed by atoms with Crippen molar-refractivity contribution in [3.8, 4) is 23.7 Å². The summed E-state index contributed by atoms with van der Waals surface area (Å²) >= 11 is 0. The van der Waals surface area contributed by atoms with Crippen LogP contribution in [0.15, 0.2) is 0 Å². The minimum atomic E-state index is -0.991. The average Bonchev–Trinajstić information content (AvgIpc) is 2.48. The zero-order chi connectivity index (χ0) is 18.1. The van der Waals surface area contributed by atoms with Gasteiger partial charge >= 0.3 is 0 Å². The maximum atomic E-state index is 10.8. The summed E-state index contributed by atoms with van der Waals surface area (Å²) in [6.45, 7) is 9.91. The van der Waals surface area contributed by atoms with Gasteiger partial charge < -0.3 is 20.0 Å². The molecule has 0 saturated carbocycles. The van der Waals surface area contributed by atoms with Crippen LogP contribution in [0.4, 0.5) is 0 Å². The molecule has 2 aliphatic rings. The summed E-state index contributed by atoms with van der Waals surface area (Å²) in [5, 5.41) is 21.6. The van der Waals surface area contributed by atoms with Crippen LogP contribution in [0, 0.1) is 35.5 Å². The third-order valence-corrected chi connectivity index (χ3v) is 6.09. The molecule has 0 radical (unpaired) electrons. The number of hydrogen-bond acceptors (Lipinski definition) is 4. The molecule has 0 aliphatic carbocycles. The molecule has 2 fully saturated rings. The highest BCUT2D eigenvalue weighted by molar-refractivity contribution is 5.85. The molecule has 2 rings (SSSR count). The highest BCUT2D eigenvalue weighted by Gasteiger charge is 2.41. The van der Waals surface area contributed by atoms with Crippen molar-refractivity contribution in [3.63, 3.8) is 0 Å². The van der Waals surface area contributed by atoms with Gasteiger partial charge in [-0.2, -0.15) is 0 Å². The Bertz CT molecular complexity index is 542. The second kappa shape index (κ2) is 9.65. The summed E-state index contributed by atoms with van der Waals surface area (Å²) in [5.74, 6) is 11.8. The van der Waals surface area contributed by atoms with Crippen molar-refractivity contribution >= 4 is 24.8 Å². The molecule has 2 saturated heterocycles. The van der Waals surface area contributed by atoms with Crippen molar-refractivity contribution in [2.75, 3.05) is 27.2 Å². The van der Waals surface area contributed by atoms with E-state index in [1.165, 1.54) is 0 Å². The van der Waals surface area contributed by atoms with Gasteiger partial charge in [-0.25, -0.2) is 0 Å². The molecular formula is C20H34Cl2N2O2. The number of aliphatic hydroxyl groups is 2. The van der Waals surface area contributed by atoms with Crippen LogP contribution >= 0.6 is 24.8 Å². The summed E-state index contributed by atoms with van der Waals surface area (Å²) < 4.78 is 0. The standard InChI is InChI=1S/C20H32N2O2.2ClH/c1-15-13-21(5)17(3)11-19(15,23)9-7-8-10-20(24)12-18(4)22(6)14-16(20)2;;/h15-18,23-24H,11-14H2,1-6H3;2*1H. The minimum Gasteiger partial charge on any atom is -0.377 e. The number of nitrogens with zero attached hydrogens (tertiary/aromatic N) is 2.